The maximum Gasteiger partial charge on any atom is 0.401 e. The normalized spacial score (nSPS) is 10.5. The van der Waals surface area contributed by atoms with Gasteiger partial charge in [0.25, 0.3) is 5.69 Å². The molecule has 0 radical (unpaired) electrons. The van der Waals surface area contributed by atoms with Crippen molar-refractivity contribution < 1.29 is 31.4 Å². The predicted molar refractivity (Wildman–Crippen MR) is 108 cm³/mol. The summed E-state index contributed by atoms with van der Waals surface area (Å²) in [4.78, 5) is 18.2. The molecule has 0 saturated carbocycles. The molecule has 0 aliphatic rings. The highest BCUT2D eigenvalue weighted by molar-refractivity contribution is 5.95. The zero-order valence-electron chi connectivity index (χ0n) is 16.5. The maximum atomic E-state index is 11.1. The summed E-state index contributed by atoms with van der Waals surface area (Å²) in [6.07, 6.45) is 3.43. The Morgan fingerprint density at radius 3 is 2.30 bits per heavy atom. The molecule has 8 nitrogen and oxygen atoms in total. The number of methoxy groups -OCH3 is 2. The second-order valence-corrected chi connectivity index (χ2v) is 6.48. The van der Waals surface area contributed by atoms with Crippen molar-refractivity contribution >= 4 is 16.5 Å². The molecule has 4 rings (SSSR count). The number of non-ortho nitro benzene ring substituents is 1. The second kappa shape index (κ2) is 8.38. The Labute approximate surface area is 178 Å². The molecule has 0 aliphatic carbocycles. The van der Waals surface area contributed by atoms with E-state index in [9.17, 15) is 10.1 Å². The van der Waals surface area contributed by atoms with E-state index in [1.807, 2.05) is 29.7 Å². The largest absolute Gasteiger partial charge is 1.00 e. The summed E-state index contributed by atoms with van der Waals surface area (Å²) in [5, 5.41) is 12.9. The van der Waals surface area contributed by atoms with E-state index in [1.54, 1.807) is 38.7 Å². The van der Waals surface area contributed by atoms with Gasteiger partial charge in [-0.15, -0.1) is 0 Å². The molecule has 2 aromatic heterocycles. The number of pyridine rings is 1. The lowest BCUT2D eigenvalue weighted by atomic mass is 10.0. The van der Waals surface area contributed by atoms with Gasteiger partial charge in [0.2, 0.25) is 0 Å². The summed E-state index contributed by atoms with van der Waals surface area (Å²) in [7, 11) is 3.18. The van der Waals surface area contributed by atoms with E-state index in [4.69, 9.17) is 9.47 Å². The van der Waals surface area contributed by atoms with Crippen LogP contribution in [0.5, 0.6) is 11.5 Å². The number of nitrogens with one attached hydrogen (secondary N) is 1. The molecular weight excluding hydrogens is 408 g/mol. The van der Waals surface area contributed by atoms with Gasteiger partial charge in [0.15, 0.2) is 11.5 Å². The second-order valence-electron chi connectivity index (χ2n) is 6.48. The van der Waals surface area contributed by atoms with E-state index < -0.39 is 4.92 Å². The van der Waals surface area contributed by atoms with Gasteiger partial charge in [0.1, 0.15) is 11.9 Å². The molecule has 0 fully saturated rings. The fourth-order valence-corrected chi connectivity index (χ4v) is 3.48. The average molecular weight is 427 g/mol. The standard InChI is InChI=1S/C21H19N4O4.ClH/c1-13-10-15-11-18(28-2)19(29-3)12-17(15)20(24(13)21-22-8-9-23-21)14-4-6-16(7-5-14)25(26)27;/h4-12H,1-3H3,(H,22,23);1H/q+1;/p-1. The summed E-state index contributed by atoms with van der Waals surface area (Å²) in [5.74, 6) is 1.87. The molecule has 0 aliphatic heterocycles. The number of rotatable bonds is 5. The van der Waals surface area contributed by atoms with Crippen molar-refractivity contribution in [2.75, 3.05) is 14.2 Å². The molecular formula is C21H19ClN4O4. The zero-order valence-corrected chi connectivity index (χ0v) is 17.3. The topological polar surface area (TPSA) is 94.2 Å². The van der Waals surface area contributed by atoms with Crippen LogP contribution in [0.3, 0.4) is 0 Å². The van der Waals surface area contributed by atoms with Crippen LogP contribution in [-0.2, 0) is 0 Å². The molecule has 9 heteroatoms. The lowest BCUT2D eigenvalue weighted by Crippen LogP contribution is -3.00. The van der Waals surface area contributed by atoms with Crippen LogP contribution in [0.2, 0.25) is 0 Å². The van der Waals surface area contributed by atoms with Crippen LogP contribution >= 0.6 is 0 Å². The van der Waals surface area contributed by atoms with Gasteiger partial charge in [-0.2, -0.15) is 4.57 Å². The molecule has 30 heavy (non-hydrogen) atoms. The highest BCUT2D eigenvalue weighted by Gasteiger charge is 2.23. The number of aromatic nitrogens is 3. The highest BCUT2D eigenvalue weighted by atomic mass is 35.5. The van der Waals surface area contributed by atoms with Crippen LogP contribution < -0.4 is 26.4 Å². The van der Waals surface area contributed by atoms with E-state index in [1.165, 1.54) is 12.1 Å². The number of aromatic amines is 1. The minimum Gasteiger partial charge on any atom is -1.00 e. The molecule has 154 valence electrons. The minimum absolute atomic E-state index is 0. The first-order valence-electron chi connectivity index (χ1n) is 8.89. The van der Waals surface area contributed by atoms with Crippen LogP contribution in [0.4, 0.5) is 5.69 Å². The number of hydrogen-bond donors (Lipinski definition) is 1. The van der Waals surface area contributed by atoms with Crippen molar-refractivity contribution in [3.63, 3.8) is 0 Å². The maximum absolute atomic E-state index is 11.1. The Hall–Kier alpha value is -3.65. The van der Waals surface area contributed by atoms with Crippen molar-refractivity contribution in [3.05, 3.63) is 70.7 Å². The van der Waals surface area contributed by atoms with Crippen LogP contribution in [0.25, 0.3) is 28.0 Å². The molecule has 0 bridgehead atoms. The quantitative estimate of drug-likeness (QED) is 0.288. The average Bonchev–Trinajstić information content (AvgIpc) is 3.26. The number of aryl methyl sites for hydroxylation is 1. The summed E-state index contributed by atoms with van der Waals surface area (Å²) < 4.78 is 12.9. The summed E-state index contributed by atoms with van der Waals surface area (Å²) >= 11 is 0. The van der Waals surface area contributed by atoms with Gasteiger partial charge in [0, 0.05) is 23.1 Å². The molecule has 0 atom stereocenters. The number of nitro groups is 1. The number of benzene rings is 2. The Bertz CT molecular complexity index is 1210. The van der Waals surface area contributed by atoms with Gasteiger partial charge in [-0.25, -0.2) is 4.98 Å². The fourth-order valence-electron chi connectivity index (χ4n) is 3.48. The van der Waals surface area contributed by atoms with E-state index in [-0.39, 0.29) is 18.1 Å². The van der Waals surface area contributed by atoms with Gasteiger partial charge < -0.3 is 21.9 Å². The molecule has 2 heterocycles. The third kappa shape index (κ3) is 3.53. The summed E-state index contributed by atoms with van der Waals surface area (Å²) in [6, 6.07) is 12.3. The molecule has 0 unspecified atom stereocenters. The first-order chi connectivity index (χ1) is 14.0. The first-order valence-corrected chi connectivity index (χ1v) is 8.89. The summed E-state index contributed by atoms with van der Waals surface area (Å²) in [5.41, 5.74) is 2.63. The number of H-pyrrole nitrogens is 1. The van der Waals surface area contributed by atoms with Gasteiger partial charge in [0.05, 0.1) is 31.0 Å². The first kappa shape index (κ1) is 21.1. The van der Waals surface area contributed by atoms with E-state index in [0.717, 1.165) is 27.7 Å². The molecule has 0 saturated heterocycles. The van der Waals surface area contributed by atoms with Crippen molar-refractivity contribution in [2.45, 2.75) is 6.92 Å². The Balaban J connectivity index is 0.00000256. The number of ether oxygens (including phenoxy) is 2. The van der Waals surface area contributed by atoms with Crippen molar-refractivity contribution in [2.24, 2.45) is 0 Å². The Kier molecular flexibility index (Phi) is 5.89. The SMILES string of the molecule is COc1cc2cc(C)[n+](-c3ncc[nH]3)c(-c3ccc([N+](=O)[O-])cc3)c2cc1OC.[Cl-]. The molecule has 2 aromatic carbocycles. The van der Waals surface area contributed by atoms with Crippen LogP contribution in [0.1, 0.15) is 5.69 Å². The molecule has 0 amide bonds. The van der Waals surface area contributed by atoms with Gasteiger partial charge in [-0.05, 0) is 42.6 Å². The number of fused-ring (bicyclic) bond motifs is 1. The van der Waals surface area contributed by atoms with Gasteiger partial charge in [-0.1, -0.05) is 4.98 Å². The predicted octanol–water partition coefficient (Wildman–Crippen LogP) is 0.744. The summed E-state index contributed by atoms with van der Waals surface area (Å²) in [6.45, 7) is 1.98. The zero-order chi connectivity index (χ0) is 20.5. The van der Waals surface area contributed by atoms with Crippen LogP contribution in [0, 0.1) is 17.0 Å². The van der Waals surface area contributed by atoms with Crippen LogP contribution in [-0.4, -0.2) is 29.1 Å². The van der Waals surface area contributed by atoms with E-state index in [2.05, 4.69) is 9.97 Å². The number of nitro benzene ring substituents is 1. The number of hydrogen-bond acceptors (Lipinski definition) is 5. The third-order valence-electron chi connectivity index (χ3n) is 4.80. The third-order valence-corrected chi connectivity index (χ3v) is 4.80. The monoisotopic (exact) mass is 426 g/mol. The Morgan fingerprint density at radius 2 is 1.73 bits per heavy atom. The number of halogens is 1. The number of nitrogens with zero attached hydrogens (tertiary/aromatic N) is 3. The Morgan fingerprint density at radius 1 is 1.07 bits per heavy atom. The van der Waals surface area contributed by atoms with Crippen molar-refractivity contribution in [3.8, 4) is 28.7 Å². The lowest BCUT2D eigenvalue weighted by molar-refractivity contribution is -0.597. The van der Waals surface area contributed by atoms with Crippen molar-refractivity contribution in [1.82, 2.24) is 9.97 Å². The van der Waals surface area contributed by atoms with Gasteiger partial charge in [-0.3, -0.25) is 10.1 Å². The molecule has 1 N–H and O–H groups in total. The van der Waals surface area contributed by atoms with Crippen LogP contribution in [0.15, 0.2) is 54.9 Å². The van der Waals surface area contributed by atoms with E-state index >= 15 is 0 Å². The van der Waals surface area contributed by atoms with Crippen molar-refractivity contribution in [1.29, 1.82) is 0 Å². The highest BCUT2D eigenvalue weighted by Crippen LogP contribution is 2.36. The molecule has 0 spiro atoms. The molecule has 4 aromatic rings. The fraction of sp³-hybridized carbons (Fsp3) is 0.143. The van der Waals surface area contributed by atoms with Gasteiger partial charge >= 0.3 is 5.95 Å². The smallest absolute Gasteiger partial charge is 0.401 e. The minimum atomic E-state index is -0.410. The number of imidazole rings is 1. The van der Waals surface area contributed by atoms with E-state index in [0.29, 0.717) is 17.4 Å². The lowest BCUT2D eigenvalue weighted by Gasteiger charge is -2.15.